The zero-order chi connectivity index (χ0) is 12.0. The van der Waals surface area contributed by atoms with Crippen LogP contribution in [0.3, 0.4) is 0 Å². The predicted octanol–water partition coefficient (Wildman–Crippen LogP) is -0.0807. The average molecular weight is 224 g/mol. The van der Waals surface area contributed by atoms with E-state index in [4.69, 9.17) is 4.74 Å². The minimum Gasteiger partial charge on any atom is -0.383 e. The lowest BCUT2D eigenvalue weighted by molar-refractivity contribution is -0.121. The molecular formula is C11H16N2O3. The van der Waals surface area contributed by atoms with Crippen molar-refractivity contribution in [1.82, 2.24) is 9.88 Å². The molecule has 16 heavy (non-hydrogen) atoms. The summed E-state index contributed by atoms with van der Waals surface area (Å²) in [6.45, 7) is 2.69. The summed E-state index contributed by atoms with van der Waals surface area (Å²) in [5.74, 6) is -0.190. The van der Waals surface area contributed by atoms with Crippen LogP contribution >= 0.6 is 0 Å². The maximum Gasteiger partial charge on any atom is 0.253 e. The molecule has 0 aliphatic rings. The van der Waals surface area contributed by atoms with E-state index in [1.54, 1.807) is 32.4 Å². The lowest BCUT2D eigenvalue weighted by Crippen LogP contribution is -2.34. The SMILES string of the molecule is COCCNC(=O)Cn1cccc(C)c1=O. The van der Waals surface area contributed by atoms with Gasteiger partial charge in [0.2, 0.25) is 5.91 Å². The number of ether oxygens (including phenoxy) is 1. The topological polar surface area (TPSA) is 60.3 Å². The fourth-order valence-electron chi connectivity index (χ4n) is 1.28. The second-order valence-electron chi connectivity index (χ2n) is 3.47. The highest BCUT2D eigenvalue weighted by Crippen LogP contribution is 1.88. The number of carbonyl (C=O) groups excluding carboxylic acids is 1. The Hall–Kier alpha value is -1.62. The van der Waals surface area contributed by atoms with Gasteiger partial charge in [-0.05, 0) is 13.0 Å². The number of aromatic nitrogens is 1. The quantitative estimate of drug-likeness (QED) is 0.712. The number of pyridine rings is 1. The average Bonchev–Trinajstić information content (AvgIpc) is 2.25. The van der Waals surface area contributed by atoms with Crippen LogP contribution in [0.5, 0.6) is 0 Å². The zero-order valence-electron chi connectivity index (χ0n) is 9.53. The Morgan fingerprint density at radius 2 is 2.31 bits per heavy atom. The Bertz CT molecular complexity index is 412. The number of nitrogens with one attached hydrogen (secondary N) is 1. The normalized spacial score (nSPS) is 10.1. The van der Waals surface area contributed by atoms with Gasteiger partial charge in [-0.1, -0.05) is 6.07 Å². The molecule has 0 fully saturated rings. The summed E-state index contributed by atoms with van der Waals surface area (Å²) in [5.41, 5.74) is 0.497. The fourth-order valence-corrected chi connectivity index (χ4v) is 1.28. The van der Waals surface area contributed by atoms with Crippen molar-refractivity contribution in [3.05, 3.63) is 34.2 Å². The van der Waals surface area contributed by atoms with E-state index in [0.29, 0.717) is 18.7 Å². The molecule has 1 aromatic rings. The van der Waals surface area contributed by atoms with Gasteiger partial charge in [0.15, 0.2) is 0 Å². The number of nitrogens with zero attached hydrogens (tertiary/aromatic N) is 1. The molecule has 1 heterocycles. The van der Waals surface area contributed by atoms with E-state index in [0.717, 1.165) is 0 Å². The third-order valence-electron chi connectivity index (χ3n) is 2.15. The van der Waals surface area contributed by atoms with Crippen molar-refractivity contribution in [2.75, 3.05) is 20.3 Å². The van der Waals surface area contributed by atoms with E-state index < -0.39 is 0 Å². The zero-order valence-corrected chi connectivity index (χ0v) is 9.53. The van der Waals surface area contributed by atoms with Gasteiger partial charge in [0, 0.05) is 25.4 Å². The van der Waals surface area contributed by atoms with Gasteiger partial charge in [0.1, 0.15) is 6.54 Å². The van der Waals surface area contributed by atoms with Crippen LogP contribution in [0, 0.1) is 6.92 Å². The lowest BCUT2D eigenvalue weighted by atomic mass is 10.3. The summed E-state index contributed by atoms with van der Waals surface area (Å²) in [5, 5.41) is 2.66. The molecule has 0 atom stereocenters. The molecule has 0 unspecified atom stereocenters. The van der Waals surface area contributed by atoms with Crippen molar-refractivity contribution in [2.45, 2.75) is 13.5 Å². The van der Waals surface area contributed by atoms with Crippen LogP contribution in [0.15, 0.2) is 23.1 Å². The number of methoxy groups -OCH3 is 1. The number of amides is 1. The smallest absolute Gasteiger partial charge is 0.253 e. The monoisotopic (exact) mass is 224 g/mol. The minimum atomic E-state index is -0.190. The van der Waals surface area contributed by atoms with Gasteiger partial charge in [-0.2, -0.15) is 0 Å². The molecule has 0 radical (unpaired) electrons. The van der Waals surface area contributed by atoms with Crippen molar-refractivity contribution in [3.8, 4) is 0 Å². The van der Waals surface area contributed by atoms with Crippen LogP contribution in [-0.4, -0.2) is 30.7 Å². The van der Waals surface area contributed by atoms with E-state index in [1.165, 1.54) is 4.57 Å². The molecule has 5 heteroatoms. The van der Waals surface area contributed by atoms with Gasteiger partial charge >= 0.3 is 0 Å². The molecule has 0 bridgehead atoms. The number of aryl methyl sites for hydroxylation is 1. The van der Waals surface area contributed by atoms with Gasteiger partial charge in [-0.25, -0.2) is 0 Å². The van der Waals surface area contributed by atoms with Gasteiger partial charge in [-0.15, -0.1) is 0 Å². The Balaban J connectivity index is 2.56. The van der Waals surface area contributed by atoms with Crippen molar-refractivity contribution in [2.24, 2.45) is 0 Å². The molecular weight excluding hydrogens is 208 g/mol. The highest BCUT2D eigenvalue weighted by molar-refractivity contribution is 5.75. The van der Waals surface area contributed by atoms with Crippen LogP contribution < -0.4 is 10.9 Å². The van der Waals surface area contributed by atoms with Gasteiger partial charge in [0.25, 0.3) is 5.56 Å². The molecule has 0 aliphatic carbocycles. The Morgan fingerprint density at radius 3 is 3.00 bits per heavy atom. The summed E-state index contributed by atoms with van der Waals surface area (Å²) in [7, 11) is 1.57. The van der Waals surface area contributed by atoms with Crippen molar-refractivity contribution in [1.29, 1.82) is 0 Å². The third kappa shape index (κ3) is 3.51. The minimum absolute atomic E-state index is 0.0459. The van der Waals surface area contributed by atoms with Crippen molar-refractivity contribution >= 4 is 5.91 Å². The molecule has 88 valence electrons. The van der Waals surface area contributed by atoms with E-state index >= 15 is 0 Å². The maximum atomic E-state index is 11.6. The van der Waals surface area contributed by atoms with Gasteiger partial charge < -0.3 is 14.6 Å². The number of carbonyl (C=O) groups is 1. The third-order valence-corrected chi connectivity index (χ3v) is 2.15. The molecule has 0 aromatic carbocycles. The van der Waals surface area contributed by atoms with Crippen LogP contribution in [0.2, 0.25) is 0 Å². The first-order valence-corrected chi connectivity index (χ1v) is 5.07. The molecule has 1 N–H and O–H groups in total. The van der Waals surface area contributed by atoms with Gasteiger partial charge in [0.05, 0.1) is 6.61 Å². The molecule has 0 aliphatic heterocycles. The summed E-state index contributed by atoms with van der Waals surface area (Å²) < 4.78 is 6.19. The fraction of sp³-hybridized carbons (Fsp3) is 0.455. The first-order valence-electron chi connectivity index (χ1n) is 5.07. The standard InChI is InChI=1S/C11H16N2O3/c1-9-4-3-6-13(11(9)15)8-10(14)12-5-7-16-2/h3-4,6H,5,7-8H2,1-2H3,(H,12,14). The predicted molar refractivity (Wildman–Crippen MR) is 60.3 cm³/mol. The van der Waals surface area contributed by atoms with E-state index in [1.807, 2.05) is 0 Å². The van der Waals surface area contributed by atoms with E-state index in [-0.39, 0.29) is 18.0 Å². The summed E-state index contributed by atoms with van der Waals surface area (Å²) in [6.07, 6.45) is 1.60. The molecule has 1 rings (SSSR count). The summed E-state index contributed by atoms with van der Waals surface area (Å²) in [4.78, 5) is 23.0. The van der Waals surface area contributed by atoms with Crippen LogP contribution in [0.25, 0.3) is 0 Å². The van der Waals surface area contributed by atoms with Crippen molar-refractivity contribution in [3.63, 3.8) is 0 Å². The second-order valence-corrected chi connectivity index (χ2v) is 3.47. The van der Waals surface area contributed by atoms with Gasteiger partial charge in [-0.3, -0.25) is 9.59 Å². The first kappa shape index (κ1) is 12.4. The Kier molecular flexibility index (Phi) is 4.72. The molecule has 1 aromatic heterocycles. The summed E-state index contributed by atoms with van der Waals surface area (Å²) in [6, 6.07) is 3.47. The van der Waals surface area contributed by atoms with Crippen LogP contribution in [-0.2, 0) is 16.1 Å². The largest absolute Gasteiger partial charge is 0.383 e. The number of hydrogen-bond acceptors (Lipinski definition) is 3. The first-order chi connectivity index (χ1) is 7.65. The number of rotatable bonds is 5. The lowest BCUT2D eigenvalue weighted by Gasteiger charge is -2.07. The molecule has 0 spiro atoms. The van der Waals surface area contributed by atoms with Crippen LogP contribution in [0.1, 0.15) is 5.56 Å². The molecule has 0 saturated heterocycles. The maximum absolute atomic E-state index is 11.6. The second kappa shape index (κ2) is 6.07. The Labute approximate surface area is 94.0 Å². The highest BCUT2D eigenvalue weighted by atomic mass is 16.5. The highest BCUT2D eigenvalue weighted by Gasteiger charge is 2.04. The van der Waals surface area contributed by atoms with E-state index in [2.05, 4.69) is 5.32 Å². The molecule has 5 nitrogen and oxygen atoms in total. The van der Waals surface area contributed by atoms with Crippen LogP contribution in [0.4, 0.5) is 0 Å². The summed E-state index contributed by atoms with van der Waals surface area (Å²) >= 11 is 0. The molecule has 0 saturated carbocycles. The van der Waals surface area contributed by atoms with E-state index in [9.17, 15) is 9.59 Å². The van der Waals surface area contributed by atoms with Crippen molar-refractivity contribution < 1.29 is 9.53 Å². The molecule has 1 amide bonds. The Morgan fingerprint density at radius 1 is 1.56 bits per heavy atom. The number of hydrogen-bond donors (Lipinski definition) is 1.